The van der Waals surface area contributed by atoms with Crippen molar-refractivity contribution in [1.82, 2.24) is 14.3 Å². The Balaban J connectivity index is 1.26. The zero-order valence-electron chi connectivity index (χ0n) is 15.5. The molecule has 6 nitrogen and oxygen atoms in total. The summed E-state index contributed by atoms with van der Waals surface area (Å²) < 4.78 is 36.3. The van der Waals surface area contributed by atoms with Gasteiger partial charge < -0.3 is 9.30 Å². The molecular formula is C21H23N3O3S. The van der Waals surface area contributed by atoms with Gasteiger partial charge >= 0.3 is 0 Å². The van der Waals surface area contributed by atoms with Crippen LogP contribution in [0.5, 0.6) is 5.75 Å². The molecule has 1 saturated carbocycles. The molecule has 7 heteroatoms. The van der Waals surface area contributed by atoms with Crippen molar-refractivity contribution in [2.45, 2.75) is 49.1 Å². The Bertz CT molecular complexity index is 1070. The minimum Gasteiger partial charge on any atom is -0.493 e. The van der Waals surface area contributed by atoms with E-state index in [9.17, 15) is 8.42 Å². The lowest BCUT2D eigenvalue weighted by Crippen LogP contribution is -2.38. The Labute approximate surface area is 164 Å². The van der Waals surface area contributed by atoms with Crippen molar-refractivity contribution in [1.29, 1.82) is 0 Å². The Kier molecular flexibility index (Phi) is 4.36. The molecule has 5 rings (SSSR count). The van der Waals surface area contributed by atoms with E-state index in [1.165, 1.54) is 0 Å². The monoisotopic (exact) mass is 397 g/mol. The summed E-state index contributed by atoms with van der Waals surface area (Å²) in [7, 11) is -3.51. The molecule has 28 heavy (non-hydrogen) atoms. The Morgan fingerprint density at radius 2 is 1.96 bits per heavy atom. The maximum atomic E-state index is 12.8. The molecule has 0 atom stereocenters. The van der Waals surface area contributed by atoms with Gasteiger partial charge in [0.05, 0.1) is 11.5 Å². The van der Waals surface area contributed by atoms with Gasteiger partial charge in [0.2, 0.25) is 10.0 Å². The van der Waals surface area contributed by atoms with Crippen LogP contribution in [-0.4, -0.2) is 30.6 Å². The van der Waals surface area contributed by atoms with E-state index in [1.807, 2.05) is 12.3 Å². The smallest absolute Gasteiger partial charge is 0.240 e. The second kappa shape index (κ2) is 6.90. The van der Waals surface area contributed by atoms with Gasteiger partial charge in [-0.2, -0.15) is 0 Å². The second-order valence-electron chi connectivity index (χ2n) is 7.63. The molecular weight excluding hydrogens is 374 g/mol. The highest BCUT2D eigenvalue weighted by molar-refractivity contribution is 7.89. The van der Waals surface area contributed by atoms with Gasteiger partial charge in [0.1, 0.15) is 11.6 Å². The van der Waals surface area contributed by atoms with Crippen LogP contribution in [-0.2, 0) is 16.4 Å². The molecule has 1 aliphatic carbocycles. The highest BCUT2D eigenvalue weighted by atomic mass is 32.2. The zero-order chi connectivity index (χ0) is 19.1. The molecule has 4 aliphatic rings. The third-order valence-corrected chi connectivity index (χ3v) is 7.38. The van der Waals surface area contributed by atoms with Gasteiger partial charge in [-0.15, -0.1) is 0 Å². The standard InChI is InChI=1S/C21H23N3O3S/c25-28(26,19-7-8-20-16(14-19)10-13-27-20)23-17-3-5-18(6-4-17)24-12-1-2-15-9-11-22-21(15)24/h1-2,7-9,11-12,14,17-18,23H,3-6,10,13H2. The lowest BCUT2D eigenvalue weighted by atomic mass is 9.91. The number of hydrogen-bond acceptors (Lipinski definition) is 4. The van der Waals surface area contributed by atoms with Gasteiger partial charge in [0.25, 0.3) is 0 Å². The molecule has 0 spiro atoms. The predicted octanol–water partition coefficient (Wildman–Crippen LogP) is 3.39. The molecule has 1 fully saturated rings. The second-order valence-corrected chi connectivity index (χ2v) is 9.35. The average molecular weight is 398 g/mol. The number of pyridine rings is 1. The first-order chi connectivity index (χ1) is 13.6. The van der Waals surface area contributed by atoms with Crippen LogP contribution in [0, 0.1) is 0 Å². The molecule has 0 amide bonds. The summed E-state index contributed by atoms with van der Waals surface area (Å²) in [5, 5.41) is 0. The normalized spacial score (nSPS) is 22.1. The van der Waals surface area contributed by atoms with Crippen molar-refractivity contribution >= 4 is 10.0 Å². The van der Waals surface area contributed by atoms with Gasteiger partial charge in [-0.05, 0) is 67.6 Å². The summed E-state index contributed by atoms with van der Waals surface area (Å²) in [5.74, 6) is 1.80. The lowest BCUT2D eigenvalue weighted by molar-refractivity contribution is 0.311. The first-order valence-electron chi connectivity index (χ1n) is 9.80. The maximum Gasteiger partial charge on any atom is 0.240 e. The van der Waals surface area contributed by atoms with Crippen molar-refractivity contribution in [2.24, 2.45) is 0 Å². The van der Waals surface area contributed by atoms with E-state index >= 15 is 0 Å². The van der Waals surface area contributed by atoms with Crippen LogP contribution in [0.2, 0.25) is 0 Å². The molecule has 146 valence electrons. The fraction of sp³-hybridized carbons (Fsp3) is 0.381. The molecule has 0 radical (unpaired) electrons. The molecule has 0 saturated heterocycles. The third kappa shape index (κ3) is 3.18. The van der Waals surface area contributed by atoms with Gasteiger partial charge in [0.15, 0.2) is 0 Å². The number of fused-ring (bicyclic) bond motifs is 2. The van der Waals surface area contributed by atoms with E-state index in [0.29, 0.717) is 17.5 Å². The number of benzene rings is 1. The van der Waals surface area contributed by atoms with Crippen molar-refractivity contribution in [3.05, 3.63) is 54.4 Å². The van der Waals surface area contributed by atoms with Crippen molar-refractivity contribution in [3.8, 4) is 17.1 Å². The van der Waals surface area contributed by atoms with E-state index in [4.69, 9.17) is 4.74 Å². The van der Waals surface area contributed by atoms with Crippen LogP contribution in [0.4, 0.5) is 0 Å². The van der Waals surface area contributed by atoms with Crippen LogP contribution in [0.3, 0.4) is 0 Å². The highest BCUT2D eigenvalue weighted by Crippen LogP contribution is 2.33. The molecule has 1 aromatic rings. The number of ether oxygens (including phenoxy) is 1. The first-order valence-corrected chi connectivity index (χ1v) is 11.3. The Hall–Kier alpha value is -2.38. The summed E-state index contributed by atoms with van der Waals surface area (Å²) in [5.41, 5.74) is 2.11. The van der Waals surface area contributed by atoms with Crippen LogP contribution < -0.4 is 9.46 Å². The van der Waals surface area contributed by atoms with Gasteiger partial charge in [-0.1, -0.05) is 0 Å². The Morgan fingerprint density at radius 1 is 1.11 bits per heavy atom. The van der Waals surface area contributed by atoms with Gasteiger partial charge in [0, 0.05) is 36.5 Å². The molecule has 0 unspecified atom stereocenters. The molecule has 1 aromatic carbocycles. The van der Waals surface area contributed by atoms with Gasteiger partial charge in [-0.25, -0.2) is 18.1 Å². The summed E-state index contributed by atoms with van der Waals surface area (Å²) in [6, 6.07) is 11.6. The number of nitrogens with one attached hydrogen (secondary N) is 1. The minimum absolute atomic E-state index is 0.0295. The molecule has 3 heterocycles. The van der Waals surface area contributed by atoms with E-state index in [1.54, 1.807) is 18.2 Å². The van der Waals surface area contributed by atoms with Crippen molar-refractivity contribution < 1.29 is 13.2 Å². The maximum absolute atomic E-state index is 12.8. The van der Waals surface area contributed by atoms with E-state index in [-0.39, 0.29) is 6.04 Å². The molecule has 1 N–H and O–H groups in total. The van der Waals surface area contributed by atoms with Crippen molar-refractivity contribution in [2.75, 3.05) is 6.61 Å². The number of sulfonamides is 1. The SMILES string of the molecule is O=S(=O)(NC1CCC(n2cccc3ccnc2-3)CC1)c1ccc2c(c1)CCO2. The van der Waals surface area contributed by atoms with Gasteiger partial charge in [-0.3, -0.25) is 0 Å². The average Bonchev–Trinajstić information content (AvgIpc) is 3.36. The van der Waals surface area contributed by atoms with E-state index in [2.05, 4.69) is 32.6 Å². The quantitative estimate of drug-likeness (QED) is 0.732. The summed E-state index contributed by atoms with van der Waals surface area (Å²) in [6.07, 6.45) is 8.19. The third-order valence-electron chi connectivity index (χ3n) is 5.86. The van der Waals surface area contributed by atoms with Crippen molar-refractivity contribution in [3.63, 3.8) is 0 Å². The summed E-state index contributed by atoms with van der Waals surface area (Å²) >= 11 is 0. The molecule has 0 bridgehead atoms. The number of aromatic nitrogens is 2. The van der Waals surface area contributed by atoms with Crippen LogP contribution in [0.25, 0.3) is 11.4 Å². The predicted molar refractivity (Wildman–Crippen MR) is 106 cm³/mol. The van der Waals surface area contributed by atoms with Crippen LogP contribution in [0.1, 0.15) is 37.3 Å². The van der Waals surface area contributed by atoms with E-state index in [0.717, 1.165) is 54.8 Å². The number of nitrogens with zero attached hydrogens (tertiary/aromatic N) is 2. The topological polar surface area (TPSA) is 73.2 Å². The lowest BCUT2D eigenvalue weighted by Gasteiger charge is -2.31. The number of hydrogen-bond donors (Lipinski definition) is 1. The fourth-order valence-corrected chi connectivity index (χ4v) is 5.73. The first kappa shape index (κ1) is 17.7. The highest BCUT2D eigenvalue weighted by Gasteiger charge is 2.28. The molecule has 0 aromatic heterocycles. The molecule has 3 aliphatic heterocycles. The number of rotatable bonds is 4. The van der Waals surface area contributed by atoms with E-state index < -0.39 is 10.0 Å². The van der Waals surface area contributed by atoms with Crippen LogP contribution in [0.15, 0.2) is 53.7 Å². The Morgan fingerprint density at radius 3 is 2.82 bits per heavy atom. The summed E-state index contributed by atoms with van der Waals surface area (Å²) in [4.78, 5) is 4.81. The van der Waals surface area contributed by atoms with Crippen LogP contribution >= 0.6 is 0 Å². The largest absolute Gasteiger partial charge is 0.493 e. The fourth-order valence-electron chi connectivity index (χ4n) is 4.38. The summed E-state index contributed by atoms with van der Waals surface area (Å²) in [6.45, 7) is 0.624. The zero-order valence-corrected chi connectivity index (χ0v) is 16.4. The minimum atomic E-state index is -3.51.